The van der Waals surface area contributed by atoms with Gasteiger partial charge in [0, 0.05) is 23.6 Å². The quantitative estimate of drug-likeness (QED) is 0.538. The topological polar surface area (TPSA) is 132 Å². The lowest BCUT2D eigenvalue weighted by Gasteiger charge is -2.08. The zero-order chi connectivity index (χ0) is 19.0. The van der Waals surface area contributed by atoms with Crippen LogP contribution in [0, 0.1) is 18.3 Å². The van der Waals surface area contributed by atoms with Crippen molar-refractivity contribution in [3.8, 4) is 17.3 Å². The number of nitrogens with zero attached hydrogens (tertiary/aromatic N) is 6. The average molecular weight is 356 g/mol. The molecule has 0 aliphatic carbocycles. The normalized spacial score (nSPS) is 10.8. The molecule has 8 heteroatoms. The average Bonchev–Trinajstić information content (AvgIpc) is 3.06. The first kappa shape index (κ1) is 16.5. The number of pyridine rings is 1. The van der Waals surface area contributed by atoms with E-state index in [1.165, 1.54) is 6.20 Å². The van der Waals surface area contributed by atoms with E-state index in [0.717, 1.165) is 22.2 Å². The van der Waals surface area contributed by atoms with Gasteiger partial charge in [-0.15, -0.1) is 0 Å². The van der Waals surface area contributed by atoms with Crippen LogP contribution in [-0.2, 0) is 6.54 Å². The van der Waals surface area contributed by atoms with Crippen LogP contribution in [0.1, 0.15) is 16.7 Å². The number of aryl methyl sites for hydroxylation is 1. The van der Waals surface area contributed by atoms with Crippen LogP contribution in [0.15, 0.2) is 42.9 Å². The maximum atomic E-state index is 9.11. The summed E-state index contributed by atoms with van der Waals surface area (Å²) >= 11 is 0. The van der Waals surface area contributed by atoms with Gasteiger partial charge in [0.05, 0.1) is 29.4 Å². The standard InChI is InChI=1S/C19H16N8/c1-11-4-12(2-3-16(11)21)10-27-18-15(9-24-27)17(25-19(22)26-18)14-5-13(6-20)7-23-8-14/h2-5,7-9H,10,21H2,1H3,(H2,22,25,26). The van der Waals surface area contributed by atoms with Crippen molar-refractivity contribution in [2.24, 2.45) is 0 Å². The van der Waals surface area contributed by atoms with E-state index in [2.05, 4.69) is 26.1 Å². The number of hydrogen-bond donors (Lipinski definition) is 2. The summed E-state index contributed by atoms with van der Waals surface area (Å²) in [6.45, 7) is 2.49. The maximum absolute atomic E-state index is 9.11. The van der Waals surface area contributed by atoms with Gasteiger partial charge in [-0.2, -0.15) is 15.3 Å². The summed E-state index contributed by atoms with van der Waals surface area (Å²) in [5, 5.41) is 14.3. The Morgan fingerprint density at radius 3 is 2.74 bits per heavy atom. The highest BCUT2D eigenvalue weighted by molar-refractivity contribution is 5.91. The van der Waals surface area contributed by atoms with Crippen molar-refractivity contribution in [2.45, 2.75) is 13.5 Å². The summed E-state index contributed by atoms with van der Waals surface area (Å²) in [5.74, 6) is 0.134. The molecule has 0 atom stereocenters. The molecule has 4 rings (SSSR count). The molecule has 0 radical (unpaired) electrons. The van der Waals surface area contributed by atoms with Gasteiger partial charge in [0.1, 0.15) is 6.07 Å². The van der Waals surface area contributed by atoms with Gasteiger partial charge in [0.2, 0.25) is 5.95 Å². The lowest BCUT2D eigenvalue weighted by molar-refractivity contribution is 0.704. The number of hydrogen-bond acceptors (Lipinski definition) is 7. The van der Waals surface area contributed by atoms with Gasteiger partial charge in [0.25, 0.3) is 0 Å². The fourth-order valence-electron chi connectivity index (χ4n) is 2.95. The summed E-state index contributed by atoms with van der Waals surface area (Å²) in [5.41, 5.74) is 17.0. The SMILES string of the molecule is Cc1cc(Cn2ncc3c(-c4cncc(C#N)c4)nc(N)nc32)ccc1N. The predicted molar refractivity (Wildman–Crippen MR) is 102 cm³/mol. The van der Waals surface area contributed by atoms with Gasteiger partial charge in [0.15, 0.2) is 5.65 Å². The van der Waals surface area contributed by atoms with Crippen LogP contribution >= 0.6 is 0 Å². The van der Waals surface area contributed by atoms with Crippen LogP contribution in [0.2, 0.25) is 0 Å². The van der Waals surface area contributed by atoms with Crippen molar-refractivity contribution < 1.29 is 0 Å². The van der Waals surface area contributed by atoms with Gasteiger partial charge in [-0.05, 0) is 30.2 Å². The van der Waals surface area contributed by atoms with Crippen LogP contribution in [0.25, 0.3) is 22.3 Å². The number of benzene rings is 1. The molecule has 0 saturated heterocycles. The summed E-state index contributed by atoms with van der Waals surface area (Å²) in [4.78, 5) is 12.8. The minimum absolute atomic E-state index is 0.134. The Balaban J connectivity index is 1.82. The van der Waals surface area contributed by atoms with E-state index < -0.39 is 0 Å². The van der Waals surface area contributed by atoms with E-state index in [9.17, 15) is 0 Å². The Kier molecular flexibility index (Phi) is 3.90. The van der Waals surface area contributed by atoms with Gasteiger partial charge >= 0.3 is 0 Å². The third-order valence-electron chi connectivity index (χ3n) is 4.32. The van der Waals surface area contributed by atoms with E-state index >= 15 is 0 Å². The molecule has 4 N–H and O–H groups in total. The number of fused-ring (bicyclic) bond motifs is 1. The first-order valence-corrected chi connectivity index (χ1v) is 8.24. The molecule has 27 heavy (non-hydrogen) atoms. The molecule has 0 fully saturated rings. The largest absolute Gasteiger partial charge is 0.399 e. The summed E-state index contributed by atoms with van der Waals surface area (Å²) in [6, 6.07) is 9.66. The van der Waals surface area contributed by atoms with E-state index in [1.54, 1.807) is 23.1 Å². The molecule has 0 amide bonds. The molecule has 0 bridgehead atoms. The summed E-state index contributed by atoms with van der Waals surface area (Å²) in [7, 11) is 0. The second-order valence-electron chi connectivity index (χ2n) is 6.23. The zero-order valence-corrected chi connectivity index (χ0v) is 14.6. The number of rotatable bonds is 3. The highest BCUT2D eigenvalue weighted by atomic mass is 15.3. The van der Waals surface area contributed by atoms with Crippen molar-refractivity contribution >= 4 is 22.7 Å². The molecule has 0 spiro atoms. The molecule has 0 aliphatic rings. The fraction of sp³-hybridized carbons (Fsp3) is 0.105. The molecular weight excluding hydrogens is 340 g/mol. The van der Waals surface area contributed by atoms with Crippen LogP contribution in [0.4, 0.5) is 11.6 Å². The van der Waals surface area contributed by atoms with Gasteiger partial charge in [-0.3, -0.25) is 4.98 Å². The molecule has 8 nitrogen and oxygen atoms in total. The number of aromatic nitrogens is 5. The van der Waals surface area contributed by atoms with Crippen LogP contribution in [-0.4, -0.2) is 24.7 Å². The minimum Gasteiger partial charge on any atom is -0.399 e. The number of nitrogen functional groups attached to an aromatic ring is 2. The van der Waals surface area contributed by atoms with Gasteiger partial charge in [-0.1, -0.05) is 12.1 Å². The van der Waals surface area contributed by atoms with E-state index in [1.807, 2.05) is 25.1 Å². The third-order valence-corrected chi connectivity index (χ3v) is 4.32. The van der Waals surface area contributed by atoms with Crippen molar-refractivity contribution in [1.82, 2.24) is 24.7 Å². The molecule has 0 unspecified atom stereocenters. The van der Waals surface area contributed by atoms with Crippen LogP contribution in [0.5, 0.6) is 0 Å². The first-order chi connectivity index (χ1) is 13.0. The predicted octanol–water partition coefficient (Wildman–Crippen LogP) is 2.28. The van der Waals surface area contributed by atoms with Crippen molar-refractivity contribution in [3.05, 3.63) is 59.5 Å². The van der Waals surface area contributed by atoms with Crippen molar-refractivity contribution in [3.63, 3.8) is 0 Å². The molecule has 0 saturated carbocycles. The molecule has 3 heterocycles. The second-order valence-corrected chi connectivity index (χ2v) is 6.23. The molecule has 1 aromatic carbocycles. The molecule has 3 aromatic heterocycles. The second kappa shape index (κ2) is 6.38. The third kappa shape index (κ3) is 3.02. The Morgan fingerprint density at radius 2 is 1.96 bits per heavy atom. The van der Waals surface area contributed by atoms with Crippen LogP contribution in [0.3, 0.4) is 0 Å². The Labute approximate surface area is 155 Å². The van der Waals surface area contributed by atoms with E-state index in [0.29, 0.717) is 29.0 Å². The monoisotopic (exact) mass is 356 g/mol. The number of anilines is 2. The van der Waals surface area contributed by atoms with Crippen LogP contribution < -0.4 is 11.5 Å². The van der Waals surface area contributed by atoms with Gasteiger partial charge in [-0.25, -0.2) is 9.67 Å². The van der Waals surface area contributed by atoms with Gasteiger partial charge < -0.3 is 11.5 Å². The lowest BCUT2D eigenvalue weighted by atomic mass is 10.1. The van der Waals surface area contributed by atoms with Crippen molar-refractivity contribution in [2.75, 3.05) is 11.5 Å². The Morgan fingerprint density at radius 1 is 1.11 bits per heavy atom. The summed E-state index contributed by atoms with van der Waals surface area (Å²) in [6.07, 6.45) is 4.84. The highest BCUT2D eigenvalue weighted by Crippen LogP contribution is 2.27. The molecular formula is C19H16N8. The van der Waals surface area contributed by atoms with E-state index in [4.69, 9.17) is 16.7 Å². The maximum Gasteiger partial charge on any atom is 0.222 e. The lowest BCUT2D eigenvalue weighted by Crippen LogP contribution is -2.05. The van der Waals surface area contributed by atoms with Crippen molar-refractivity contribution in [1.29, 1.82) is 5.26 Å². The number of nitriles is 1. The Hall–Kier alpha value is -3.99. The smallest absolute Gasteiger partial charge is 0.222 e. The molecule has 0 aliphatic heterocycles. The number of nitrogens with two attached hydrogens (primary N) is 2. The summed E-state index contributed by atoms with van der Waals surface area (Å²) < 4.78 is 1.77. The Bertz CT molecular complexity index is 1200. The minimum atomic E-state index is 0.134. The van der Waals surface area contributed by atoms with E-state index in [-0.39, 0.29) is 5.95 Å². The zero-order valence-electron chi connectivity index (χ0n) is 14.6. The highest BCUT2D eigenvalue weighted by Gasteiger charge is 2.14. The fourth-order valence-corrected chi connectivity index (χ4v) is 2.95. The molecule has 4 aromatic rings. The first-order valence-electron chi connectivity index (χ1n) is 8.24. The molecule has 132 valence electrons.